The minimum Gasteiger partial charge on any atom is -0.505 e. The summed E-state index contributed by atoms with van der Waals surface area (Å²) in [6.07, 6.45) is 0. The van der Waals surface area contributed by atoms with E-state index in [0.717, 1.165) is 6.07 Å². The normalized spacial score (nSPS) is 9.21. The van der Waals surface area contributed by atoms with Crippen LogP contribution in [0.5, 0.6) is 11.5 Å². The third kappa shape index (κ3) is 1.80. The lowest BCUT2D eigenvalue weighted by Crippen LogP contribution is -1.94. The van der Waals surface area contributed by atoms with Crippen LogP contribution in [0.4, 0.5) is 11.4 Å². The van der Waals surface area contributed by atoms with Crippen LogP contribution in [-0.4, -0.2) is 15.1 Å². The monoisotopic (exact) mass is 220 g/mol. The van der Waals surface area contributed by atoms with Crippen molar-refractivity contribution in [1.29, 1.82) is 0 Å². The largest absolute Gasteiger partial charge is 0.505 e. The molecule has 0 fully saturated rings. The minimum atomic E-state index is -0.766. The summed E-state index contributed by atoms with van der Waals surface area (Å²) >= 11 is 0. The number of hydrogen-bond acceptors (Lipinski definition) is 5. The smallest absolute Gasteiger partial charge is 0.313 e. The van der Waals surface area contributed by atoms with E-state index in [1.807, 2.05) is 0 Å². The lowest BCUT2D eigenvalue weighted by Gasteiger charge is -2.05. The Balaban J connectivity index is 0.00000169. The van der Waals surface area contributed by atoms with Crippen molar-refractivity contribution in [2.45, 2.75) is 6.92 Å². The molecule has 0 aromatic heterocycles. The molecule has 0 aliphatic carbocycles. The lowest BCUT2D eigenvalue weighted by atomic mass is 10.1. The maximum Gasteiger partial charge on any atom is 0.313 e. The zero-order valence-electron chi connectivity index (χ0n) is 7.22. The van der Waals surface area contributed by atoms with Gasteiger partial charge in [-0.3, -0.25) is 10.1 Å². The fourth-order valence-corrected chi connectivity index (χ4v) is 0.944. The number of benzene rings is 1. The number of nitrogens with zero attached hydrogens (tertiary/aromatic N) is 1. The molecule has 78 valence electrons. The number of nitro groups is 1. The molecule has 0 unspecified atom stereocenters. The van der Waals surface area contributed by atoms with Gasteiger partial charge < -0.3 is 15.9 Å². The highest BCUT2D eigenvalue weighted by atomic mass is 35.5. The number of anilines is 1. The Morgan fingerprint density at radius 2 is 1.93 bits per heavy atom. The van der Waals surface area contributed by atoms with Crippen molar-refractivity contribution >= 4 is 23.8 Å². The highest BCUT2D eigenvalue weighted by Gasteiger charge is 2.20. The van der Waals surface area contributed by atoms with Crippen molar-refractivity contribution in [3.8, 4) is 11.5 Å². The first kappa shape index (κ1) is 12.3. The lowest BCUT2D eigenvalue weighted by molar-refractivity contribution is -0.385. The standard InChI is InChI=1S/C7H8N2O4.ClH/c1-3-6(10)4(8)2-5(7(3)11)9(12)13;/h2,10-11H,8H2,1H3;1H. The highest BCUT2D eigenvalue weighted by Crippen LogP contribution is 2.39. The van der Waals surface area contributed by atoms with E-state index in [-0.39, 0.29) is 29.4 Å². The van der Waals surface area contributed by atoms with E-state index in [0.29, 0.717) is 0 Å². The maximum absolute atomic E-state index is 10.3. The fourth-order valence-electron chi connectivity index (χ4n) is 0.944. The van der Waals surface area contributed by atoms with Gasteiger partial charge in [-0.15, -0.1) is 12.4 Å². The van der Waals surface area contributed by atoms with Gasteiger partial charge in [0.15, 0.2) is 0 Å². The molecule has 1 aromatic rings. The summed E-state index contributed by atoms with van der Waals surface area (Å²) in [5.41, 5.74) is 4.64. The van der Waals surface area contributed by atoms with Gasteiger partial charge in [-0.05, 0) is 6.92 Å². The third-order valence-corrected chi connectivity index (χ3v) is 1.72. The fraction of sp³-hybridized carbons (Fsp3) is 0.143. The van der Waals surface area contributed by atoms with Crippen molar-refractivity contribution in [3.05, 3.63) is 21.7 Å². The van der Waals surface area contributed by atoms with Gasteiger partial charge in [0.1, 0.15) is 5.75 Å². The highest BCUT2D eigenvalue weighted by molar-refractivity contribution is 5.85. The molecule has 0 saturated heterocycles. The summed E-state index contributed by atoms with van der Waals surface area (Å²) in [6.45, 7) is 1.34. The number of phenolic OH excluding ortho intramolecular Hbond substituents is 2. The average Bonchev–Trinajstić information content (AvgIpc) is 2.07. The second-order valence-electron chi connectivity index (χ2n) is 2.56. The SMILES string of the molecule is Cc1c(O)c(N)cc([N+](=O)[O-])c1O.Cl. The van der Waals surface area contributed by atoms with Crippen molar-refractivity contribution in [2.75, 3.05) is 5.73 Å². The van der Waals surface area contributed by atoms with Crippen LogP contribution in [0.3, 0.4) is 0 Å². The second kappa shape index (κ2) is 4.01. The van der Waals surface area contributed by atoms with E-state index in [1.54, 1.807) is 0 Å². The maximum atomic E-state index is 10.3. The van der Waals surface area contributed by atoms with Gasteiger partial charge in [0.05, 0.1) is 10.6 Å². The Hall–Kier alpha value is -1.69. The van der Waals surface area contributed by atoms with Crippen LogP contribution >= 0.6 is 12.4 Å². The van der Waals surface area contributed by atoms with Crippen molar-refractivity contribution in [3.63, 3.8) is 0 Å². The Bertz CT molecular complexity index is 380. The Labute approximate surface area is 85.5 Å². The van der Waals surface area contributed by atoms with Gasteiger partial charge in [0.25, 0.3) is 0 Å². The first-order valence-corrected chi connectivity index (χ1v) is 3.40. The number of nitrogen functional groups attached to an aromatic ring is 1. The number of aromatic hydroxyl groups is 2. The molecule has 0 saturated carbocycles. The number of hydrogen-bond donors (Lipinski definition) is 3. The quantitative estimate of drug-likeness (QED) is 0.217. The first-order valence-electron chi connectivity index (χ1n) is 3.40. The van der Waals surface area contributed by atoms with Crippen LogP contribution in [-0.2, 0) is 0 Å². The topological polar surface area (TPSA) is 110 Å². The van der Waals surface area contributed by atoms with E-state index in [4.69, 9.17) is 5.73 Å². The van der Waals surface area contributed by atoms with Gasteiger partial charge in [0.2, 0.25) is 5.75 Å². The summed E-state index contributed by atoms with van der Waals surface area (Å²) in [6, 6.07) is 0.914. The van der Waals surface area contributed by atoms with Crippen molar-refractivity contribution in [1.82, 2.24) is 0 Å². The molecular weight excluding hydrogens is 212 g/mol. The molecule has 14 heavy (non-hydrogen) atoms. The zero-order valence-corrected chi connectivity index (χ0v) is 8.04. The van der Waals surface area contributed by atoms with Gasteiger partial charge in [-0.2, -0.15) is 0 Å². The van der Waals surface area contributed by atoms with Crippen LogP contribution in [0.2, 0.25) is 0 Å². The molecular formula is C7H9ClN2O4. The molecule has 0 aliphatic rings. The molecule has 7 heteroatoms. The van der Waals surface area contributed by atoms with E-state index in [1.165, 1.54) is 6.92 Å². The Morgan fingerprint density at radius 1 is 1.43 bits per heavy atom. The number of halogens is 1. The summed E-state index contributed by atoms with van der Waals surface area (Å²) < 4.78 is 0. The van der Waals surface area contributed by atoms with Crippen LogP contribution < -0.4 is 5.73 Å². The Morgan fingerprint density at radius 3 is 2.36 bits per heavy atom. The molecule has 1 rings (SSSR count). The van der Waals surface area contributed by atoms with Crippen LogP contribution in [0.1, 0.15) is 5.56 Å². The summed E-state index contributed by atoms with van der Waals surface area (Å²) in [5, 5.41) is 28.7. The van der Waals surface area contributed by atoms with E-state index >= 15 is 0 Å². The van der Waals surface area contributed by atoms with Gasteiger partial charge in [-0.25, -0.2) is 0 Å². The summed E-state index contributed by atoms with van der Waals surface area (Å²) in [7, 11) is 0. The van der Waals surface area contributed by atoms with Crippen molar-refractivity contribution < 1.29 is 15.1 Å². The Kier molecular flexibility index (Phi) is 3.53. The predicted octanol–water partition coefficient (Wildman–Crippen LogP) is 1.32. The second-order valence-corrected chi connectivity index (χ2v) is 2.56. The molecule has 0 atom stereocenters. The first-order chi connectivity index (χ1) is 5.95. The third-order valence-electron chi connectivity index (χ3n) is 1.72. The van der Waals surface area contributed by atoms with Crippen LogP contribution in [0, 0.1) is 17.0 Å². The molecule has 6 nitrogen and oxygen atoms in total. The number of nitro benzene ring substituents is 1. The predicted molar refractivity (Wildman–Crippen MR) is 52.8 cm³/mol. The summed E-state index contributed by atoms with van der Waals surface area (Å²) in [5.74, 6) is -0.889. The van der Waals surface area contributed by atoms with Crippen LogP contribution in [0.25, 0.3) is 0 Å². The number of nitrogens with two attached hydrogens (primary N) is 1. The summed E-state index contributed by atoms with van der Waals surface area (Å²) in [4.78, 5) is 9.58. The number of phenols is 2. The minimum absolute atomic E-state index is 0. The number of rotatable bonds is 1. The molecule has 4 N–H and O–H groups in total. The molecule has 0 radical (unpaired) electrons. The van der Waals surface area contributed by atoms with Gasteiger partial charge in [-0.1, -0.05) is 0 Å². The van der Waals surface area contributed by atoms with E-state index in [9.17, 15) is 20.3 Å². The van der Waals surface area contributed by atoms with Gasteiger partial charge >= 0.3 is 5.69 Å². The van der Waals surface area contributed by atoms with Crippen molar-refractivity contribution in [2.24, 2.45) is 0 Å². The van der Waals surface area contributed by atoms with E-state index in [2.05, 4.69) is 0 Å². The molecule has 0 aliphatic heterocycles. The molecule has 0 bridgehead atoms. The van der Waals surface area contributed by atoms with Crippen LogP contribution in [0.15, 0.2) is 6.07 Å². The average molecular weight is 221 g/mol. The molecule has 0 heterocycles. The molecule has 1 aromatic carbocycles. The van der Waals surface area contributed by atoms with E-state index < -0.39 is 16.4 Å². The molecule has 0 spiro atoms. The zero-order chi connectivity index (χ0) is 10.2. The van der Waals surface area contributed by atoms with Gasteiger partial charge in [0, 0.05) is 11.6 Å². The molecule has 0 amide bonds.